The van der Waals surface area contributed by atoms with E-state index in [0.29, 0.717) is 32.4 Å². The summed E-state index contributed by atoms with van der Waals surface area (Å²) in [6.07, 6.45) is 6.98. The zero-order valence-electron chi connectivity index (χ0n) is 25.9. The number of carbonyl (C=O) groups is 3. The monoisotopic (exact) mass is 616 g/mol. The van der Waals surface area contributed by atoms with E-state index >= 15 is 0 Å². The first-order valence-electron chi connectivity index (χ1n) is 15.3. The molecular weight excluding hydrogens is 564 g/mol. The summed E-state index contributed by atoms with van der Waals surface area (Å²) < 4.78 is 31.9. The van der Waals surface area contributed by atoms with E-state index in [2.05, 4.69) is 17.6 Å². The highest BCUT2D eigenvalue weighted by molar-refractivity contribution is 7.89. The Morgan fingerprint density at radius 1 is 1.10 bits per heavy atom. The third kappa shape index (κ3) is 10.2. The van der Waals surface area contributed by atoms with Gasteiger partial charge in [-0.1, -0.05) is 59.6 Å². The Hall–Kier alpha value is -2.22. The molecule has 0 radical (unpaired) electrons. The summed E-state index contributed by atoms with van der Waals surface area (Å²) in [6.45, 7) is 9.76. The van der Waals surface area contributed by atoms with Gasteiger partial charge in [-0.3, -0.25) is 10.1 Å². The second kappa shape index (κ2) is 16.0. The molecule has 4 N–H and O–H groups in total. The molecule has 0 aromatic heterocycles. The van der Waals surface area contributed by atoms with Crippen molar-refractivity contribution in [2.75, 3.05) is 31.9 Å². The van der Waals surface area contributed by atoms with Gasteiger partial charge in [-0.2, -0.15) is 4.31 Å². The highest BCUT2D eigenvalue weighted by atomic mass is 32.2. The molecule has 13 heteroatoms. The van der Waals surface area contributed by atoms with E-state index in [9.17, 15) is 33.0 Å². The topological polar surface area (TPSA) is 166 Å². The van der Waals surface area contributed by atoms with Gasteiger partial charge < -0.3 is 25.2 Å². The molecule has 0 bridgehead atoms. The van der Waals surface area contributed by atoms with Crippen LogP contribution < -0.4 is 10.6 Å². The molecular formula is C29H52N4O8S. The molecule has 2 aliphatic heterocycles. The first-order chi connectivity index (χ1) is 19.7. The van der Waals surface area contributed by atoms with Crippen LogP contribution in [0.15, 0.2) is 12.2 Å². The van der Waals surface area contributed by atoms with Crippen LogP contribution >= 0.6 is 0 Å². The van der Waals surface area contributed by atoms with Crippen molar-refractivity contribution in [2.45, 2.75) is 116 Å². The zero-order valence-corrected chi connectivity index (χ0v) is 26.7. The molecule has 0 aromatic rings. The number of carboxylic acid groups (broad SMARTS) is 1. The number of aliphatic hydroxyl groups excluding tert-OH is 1. The first-order valence-corrected chi connectivity index (χ1v) is 16.9. The quantitative estimate of drug-likeness (QED) is 0.123. The Balaban J connectivity index is 2.00. The van der Waals surface area contributed by atoms with Crippen LogP contribution in [0.3, 0.4) is 0 Å². The maximum atomic E-state index is 13.1. The van der Waals surface area contributed by atoms with Crippen LogP contribution in [-0.4, -0.2) is 102 Å². The largest absolute Gasteiger partial charge is 0.480 e. The number of unbranched alkanes of at least 4 members (excludes halogenated alkanes) is 3. The van der Waals surface area contributed by atoms with Crippen molar-refractivity contribution in [3.05, 3.63) is 12.2 Å². The number of aliphatic carboxylic acids is 1. The number of ether oxygens (including phenoxy) is 1. The molecule has 2 rings (SSSR count). The van der Waals surface area contributed by atoms with Crippen LogP contribution in [0.4, 0.5) is 4.79 Å². The van der Waals surface area contributed by atoms with Crippen LogP contribution in [0.2, 0.25) is 0 Å². The minimum Gasteiger partial charge on any atom is -0.480 e. The van der Waals surface area contributed by atoms with Gasteiger partial charge in [0.05, 0.1) is 18.3 Å². The molecule has 2 aliphatic rings. The van der Waals surface area contributed by atoms with Gasteiger partial charge in [0.15, 0.2) is 0 Å². The standard InChI is InChI=1S/C29H52N4O8S/c1-6-8-9-10-11-16-29(7-2,26(36)37)31-25(35)22-15-14-18-33(22)24(34)20-30-27(38)41-23(28(3,4)5)21-32-17-12-13-19-42(32,39)40/h11,16,22-23,25,31,35H,6-10,12-15,17-21H2,1-5H3,(H,30,38)(H,36,37)/b16-11-/t22-,23?,25?,29+/m0/s1. The zero-order chi connectivity index (χ0) is 31.6. The SMILES string of the molecule is CCCCC/C=C\[C@@](CC)(NC(O)[C@@H]1CCCN1C(=O)CNC(=O)OC(CN1CCCCS1(=O)=O)C(C)(C)C)C(=O)O. The van der Waals surface area contributed by atoms with E-state index in [-0.39, 0.29) is 25.3 Å². The van der Waals surface area contributed by atoms with Crippen molar-refractivity contribution in [3.8, 4) is 0 Å². The number of likely N-dealkylation sites (tertiary alicyclic amines) is 1. The molecule has 2 unspecified atom stereocenters. The van der Waals surface area contributed by atoms with Crippen molar-refractivity contribution in [3.63, 3.8) is 0 Å². The van der Waals surface area contributed by atoms with E-state index < -0.39 is 57.3 Å². The molecule has 242 valence electrons. The lowest BCUT2D eigenvalue weighted by Gasteiger charge is -2.36. The third-order valence-corrected chi connectivity index (χ3v) is 10.1. The number of alkyl carbamates (subject to hydrolysis) is 1. The van der Waals surface area contributed by atoms with Crippen LogP contribution in [0.5, 0.6) is 0 Å². The number of carbonyl (C=O) groups excluding carboxylic acids is 2. The van der Waals surface area contributed by atoms with Crippen LogP contribution in [0.25, 0.3) is 0 Å². The van der Waals surface area contributed by atoms with Gasteiger partial charge in [0.2, 0.25) is 15.9 Å². The summed E-state index contributed by atoms with van der Waals surface area (Å²) in [4.78, 5) is 39.5. The molecule has 0 aromatic carbocycles. The number of hydrogen-bond donors (Lipinski definition) is 4. The van der Waals surface area contributed by atoms with Crippen molar-refractivity contribution in [1.29, 1.82) is 0 Å². The molecule has 2 heterocycles. The van der Waals surface area contributed by atoms with Crippen LogP contribution in [0, 0.1) is 5.41 Å². The van der Waals surface area contributed by atoms with Crippen molar-refractivity contribution in [2.24, 2.45) is 5.41 Å². The molecule has 42 heavy (non-hydrogen) atoms. The maximum absolute atomic E-state index is 13.1. The minimum atomic E-state index is -3.41. The molecule has 2 saturated heterocycles. The minimum absolute atomic E-state index is 0.0368. The first kappa shape index (κ1) is 36.0. The predicted octanol–water partition coefficient (Wildman–Crippen LogP) is 2.82. The second-order valence-corrected chi connectivity index (χ2v) is 14.5. The Morgan fingerprint density at radius 3 is 2.40 bits per heavy atom. The molecule has 12 nitrogen and oxygen atoms in total. The fourth-order valence-corrected chi connectivity index (χ4v) is 6.88. The smallest absolute Gasteiger partial charge is 0.407 e. The Bertz CT molecular complexity index is 1040. The van der Waals surface area contributed by atoms with Gasteiger partial charge in [-0.25, -0.2) is 18.0 Å². The molecule has 0 spiro atoms. The van der Waals surface area contributed by atoms with E-state index in [1.165, 1.54) is 9.21 Å². The molecule has 4 atom stereocenters. The van der Waals surface area contributed by atoms with E-state index in [1.807, 2.05) is 26.8 Å². The van der Waals surface area contributed by atoms with E-state index in [0.717, 1.165) is 32.1 Å². The summed E-state index contributed by atoms with van der Waals surface area (Å²) in [5, 5.41) is 26.4. The Kier molecular flexibility index (Phi) is 13.7. The second-order valence-electron chi connectivity index (χ2n) is 12.4. The average molecular weight is 617 g/mol. The Morgan fingerprint density at radius 2 is 1.81 bits per heavy atom. The highest BCUT2D eigenvalue weighted by Gasteiger charge is 2.41. The summed E-state index contributed by atoms with van der Waals surface area (Å²) in [5.74, 6) is -1.47. The highest BCUT2D eigenvalue weighted by Crippen LogP contribution is 2.26. The predicted molar refractivity (Wildman–Crippen MR) is 160 cm³/mol. The molecule has 2 amide bonds. The number of allylic oxidation sites excluding steroid dienone is 1. The lowest BCUT2D eigenvalue weighted by atomic mass is 9.89. The van der Waals surface area contributed by atoms with E-state index in [4.69, 9.17) is 4.74 Å². The van der Waals surface area contributed by atoms with Crippen LogP contribution in [-0.2, 0) is 24.3 Å². The van der Waals surface area contributed by atoms with Gasteiger partial charge in [0.25, 0.3) is 0 Å². The summed E-state index contributed by atoms with van der Waals surface area (Å²) in [5.41, 5.74) is -2.03. The molecule has 0 aliphatic carbocycles. The van der Waals surface area contributed by atoms with Crippen molar-refractivity contribution in [1.82, 2.24) is 19.8 Å². The third-order valence-electron chi connectivity index (χ3n) is 8.13. The number of nitrogens with zero attached hydrogens (tertiary/aromatic N) is 2. The molecule has 2 fully saturated rings. The number of nitrogens with one attached hydrogen (secondary N) is 2. The van der Waals surface area contributed by atoms with Gasteiger partial charge in [-0.15, -0.1) is 0 Å². The number of amides is 2. The number of aliphatic hydroxyl groups is 1. The van der Waals surface area contributed by atoms with Gasteiger partial charge in [0.1, 0.15) is 24.4 Å². The average Bonchev–Trinajstić information content (AvgIpc) is 3.41. The fraction of sp³-hybridized carbons (Fsp3) is 0.828. The summed E-state index contributed by atoms with van der Waals surface area (Å²) in [6, 6.07) is -0.666. The van der Waals surface area contributed by atoms with E-state index in [1.54, 1.807) is 13.0 Å². The number of carboxylic acids is 1. The number of sulfonamides is 1. The lowest BCUT2D eigenvalue weighted by Crippen LogP contribution is -2.60. The normalized spacial score (nSPS) is 22.4. The number of rotatable bonds is 15. The van der Waals surface area contributed by atoms with Crippen LogP contribution in [0.1, 0.15) is 92.4 Å². The van der Waals surface area contributed by atoms with Gasteiger partial charge in [0, 0.05) is 18.5 Å². The summed E-state index contributed by atoms with van der Waals surface area (Å²) in [7, 11) is -3.41. The van der Waals surface area contributed by atoms with Gasteiger partial charge >= 0.3 is 12.1 Å². The Labute approximate surface area is 251 Å². The lowest BCUT2D eigenvalue weighted by molar-refractivity contribution is -0.145. The molecule has 0 saturated carbocycles. The number of hydrogen-bond acceptors (Lipinski definition) is 8. The maximum Gasteiger partial charge on any atom is 0.407 e. The summed E-state index contributed by atoms with van der Waals surface area (Å²) >= 11 is 0. The van der Waals surface area contributed by atoms with Crippen molar-refractivity contribution >= 4 is 28.0 Å². The van der Waals surface area contributed by atoms with Gasteiger partial charge in [-0.05, 0) is 44.9 Å². The van der Waals surface area contributed by atoms with Crippen molar-refractivity contribution < 1.29 is 37.8 Å². The fourth-order valence-electron chi connectivity index (χ4n) is 5.28.